The van der Waals surface area contributed by atoms with Gasteiger partial charge in [0.15, 0.2) is 0 Å². The van der Waals surface area contributed by atoms with Gasteiger partial charge in [0.1, 0.15) is 17.2 Å². The molecule has 9 nitrogen and oxygen atoms in total. The number of esters is 3. The molecular weight excluding hydrogens is 617 g/mol. The number of carbonyl (C=O) groups is 3. The van der Waals surface area contributed by atoms with E-state index in [1.54, 1.807) is 42.5 Å². The normalized spacial score (nSPS) is 11.2. The van der Waals surface area contributed by atoms with E-state index in [0.717, 1.165) is 5.56 Å². The molecule has 0 heterocycles. The molecule has 0 aliphatic carbocycles. The molecule has 0 aliphatic rings. The minimum Gasteiger partial charge on any atom is -0.494 e. The number of ether oxygens (including phenoxy) is 4. The van der Waals surface area contributed by atoms with Crippen LogP contribution in [0, 0.1) is 0 Å². The first-order valence-corrected chi connectivity index (χ1v) is 14.4. The quantitative estimate of drug-likeness (QED) is 0.0526. The Kier molecular flexibility index (Phi) is 11.6. The Hall–Kier alpha value is -5.78. The summed E-state index contributed by atoms with van der Waals surface area (Å²) in [5, 5.41) is 0. The van der Waals surface area contributed by atoms with Gasteiger partial charge in [-0.2, -0.15) is 13.2 Å². The molecule has 0 amide bonds. The SMILES string of the molecule is Nc1ccc(CCOC(=O)c2ccc(OC(=O)/C=C/c3ccc(OC(=O)c4ccc(OCCCC(F)(F)F)cc4)cc3)cc2)c(N)c1. The lowest BCUT2D eigenvalue weighted by Gasteiger charge is -2.09. The molecular formula is C35H31F3N2O7. The van der Waals surface area contributed by atoms with Crippen molar-refractivity contribution in [3.8, 4) is 17.2 Å². The van der Waals surface area contributed by atoms with Crippen LogP contribution in [0.15, 0.2) is 97.1 Å². The lowest BCUT2D eigenvalue weighted by atomic mass is 10.1. The molecule has 47 heavy (non-hydrogen) atoms. The van der Waals surface area contributed by atoms with Crippen molar-refractivity contribution in [2.24, 2.45) is 0 Å². The monoisotopic (exact) mass is 648 g/mol. The minimum absolute atomic E-state index is 0.0996. The van der Waals surface area contributed by atoms with E-state index in [9.17, 15) is 27.6 Å². The average molecular weight is 649 g/mol. The molecule has 4 rings (SSSR count). The first-order valence-electron chi connectivity index (χ1n) is 14.4. The van der Waals surface area contributed by atoms with Crippen molar-refractivity contribution in [2.75, 3.05) is 24.7 Å². The van der Waals surface area contributed by atoms with E-state index in [1.807, 2.05) is 0 Å². The van der Waals surface area contributed by atoms with Gasteiger partial charge < -0.3 is 30.4 Å². The Morgan fingerprint density at radius 3 is 1.94 bits per heavy atom. The van der Waals surface area contributed by atoms with Gasteiger partial charge >= 0.3 is 24.1 Å². The molecule has 0 fully saturated rings. The van der Waals surface area contributed by atoms with Crippen molar-refractivity contribution < 1.29 is 46.5 Å². The summed E-state index contributed by atoms with van der Waals surface area (Å²) in [6.07, 6.45) is -2.17. The zero-order valence-corrected chi connectivity index (χ0v) is 25.0. The topological polar surface area (TPSA) is 140 Å². The Morgan fingerprint density at radius 1 is 0.702 bits per heavy atom. The summed E-state index contributed by atoms with van der Waals surface area (Å²) in [4.78, 5) is 37.1. The molecule has 0 saturated heterocycles. The highest BCUT2D eigenvalue weighted by Crippen LogP contribution is 2.22. The summed E-state index contributed by atoms with van der Waals surface area (Å²) in [7, 11) is 0. The highest BCUT2D eigenvalue weighted by Gasteiger charge is 2.26. The molecule has 0 radical (unpaired) electrons. The number of halogens is 3. The van der Waals surface area contributed by atoms with Crippen LogP contribution in [0.5, 0.6) is 17.2 Å². The fourth-order valence-corrected chi connectivity index (χ4v) is 4.11. The van der Waals surface area contributed by atoms with Crippen LogP contribution < -0.4 is 25.7 Å². The number of alkyl halides is 3. The van der Waals surface area contributed by atoms with Gasteiger partial charge in [-0.25, -0.2) is 14.4 Å². The van der Waals surface area contributed by atoms with E-state index in [1.165, 1.54) is 60.7 Å². The van der Waals surface area contributed by atoms with E-state index >= 15 is 0 Å². The maximum absolute atomic E-state index is 12.5. The van der Waals surface area contributed by atoms with Crippen LogP contribution in [-0.2, 0) is 16.0 Å². The third-order valence-corrected chi connectivity index (χ3v) is 6.55. The Balaban J connectivity index is 1.19. The summed E-state index contributed by atoms with van der Waals surface area (Å²) in [6.45, 7) is 0.0283. The predicted octanol–water partition coefficient (Wildman–Crippen LogP) is 6.81. The highest BCUT2D eigenvalue weighted by atomic mass is 19.4. The lowest BCUT2D eigenvalue weighted by Crippen LogP contribution is -2.10. The fourth-order valence-electron chi connectivity index (χ4n) is 4.11. The average Bonchev–Trinajstić information content (AvgIpc) is 3.04. The molecule has 0 aromatic heterocycles. The van der Waals surface area contributed by atoms with E-state index < -0.39 is 30.5 Å². The van der Waals surface area contributed by atoms with Gasteiger partial charge in [0.05, 0.1) is 24.3 Å². The standard InChI is InChI=1S/C35H31F3N2O7/c36-35(37,38)19-1-20-44-28-13-6-26(7-14-28)34(43)47-30-11-2-23(3-12-30)4-17-32(41)46-29-15-8-25(9-16-29)33(42)45-21-18-24-5-10-27(39)22-31(24)40/h2-17,22H,1,18-21,39-40H2/b17-4+. The summed E-state index contributed by atoms with van der Waals surface area (Å²) in [5.41, 5.74) is 14.6. The maximum Gasteiger partial charge on any atom is 0.389 e. The zero-order valence-electron chi connectivity index (χ0n) is 25.0. The molecule has 0 spiro atoms. The second-order valence-corrected chi connectivity index (χ2v) is 10.2. The summed E-state index contributed by atoms with van der Waals surface area (Å²) < 4.78 is 57.9. The van der Waals surface area contributed by atoms with Crippen LogP contribution in [-0.4, -0.2) is 37.3 Å². The van der Waals surface area contributed by atoms with Gasteiger partial charge in [-0.3, -0.25) is 0 Å². The largest absolute Gasteiger partial charge is 0.494 e. The Labute approximate surface area is 268 Å². The number of carbonyl (C=O) groups excluding carboxylic acids is 3. The van der Waals surface area contributed by atoms with Crippen LogP contribution in [0.3, 0.4) is 0 Å². The van der Waals surface area contributed by atoms with Gasteiger partial charge in [-0.1, -0.05) is 18.2 Å². The van der Waals surface area contributed by atoms with Crippen molar-refractivity contribution in [3.05, 3.63) is 119 Å². The fraction of sp³-hybridized carbons (Fsp3) is 0.171. The number of hydrogen-bond acceptors (Lipinski definition) is 9. The van der Waals surface area contributed by atoms with Crippen molar-refractivity contribution in [1.82, 2.24) is 0 Å². The molecule has 4 aromatic carbocycles. The Bertz CT molecular complexity index is 1700. The van der Waals surface area contributed by atoms with Gasteiger partial charge in [0.25, 0.3) is 0 Å². The van der Waals surface area contributed by atoms with E-state index in [-0.39, 0.29) is 42.3 Å². The van der Waals surface area contributed by atoms with Gasteiger partial charge in [-0.15, -0.1) is 0 Å². The molecule has 4 N–H and O–H groups in total. The van der Waals surface area contributed by atoms with Crippen molar-refractivity contribution in [3.63, 3.8) is 0 Å². The van der Waals surface area contributed by atoms with Gasteiger partial charge in [0.2, 0.25) is 0 Å². The number of nitrogens with two attached hydrogens (primary N) is 2. The minimum atomic E-state index is -4.23. The number of hydrogen-bond donors (Lipinski definition) is 2. The van der Waals surface area contributed by atoms with E-state index in [2.05, 4.69) is 0 Å². The number of benzene rings is 4. The van der Waals surface area contributed by atoms with Gasteiger partial charge in [0, 0.05) is 30.3 Å². The van der Waals surface area contributed by atoms with Crippen LogP contribution in [0.2, 0.25) is 0 Å². The second-order valence-electron chi connectivity index (χ2n) is 10.2. The molecule has 0 saturated carbocycles. The molecule has 244 valence electrons. The Morgan fingerprint density at radius 2 is 1.30 bits per heavy atom. The molecule has 0 aliphatic heterocycles. The molecule has 0 unspecified atom stereocenters. The molecule has 12 heteroatoms. The lowest BCUT2D eigenvalue weighted by molar-refractivity contribution is -0.136. The van der Waals surface area contributed by atoms with Gasteiger partial charge in [-0.05, 0) is 96.4 Å². The highest BCUT2D eigenvalue weighted by molar-refractivity contribution is 5.92. The number of anilines is 2. The first kappa shape index (κ1) is 34.1. The number of nitrogen functional groups attached to an aromatic ring is 2. The third-order valence-electron chi connectivity index (χ3n) is 6.55. The van der Waals surface area contributed by atoms with Crippen molar-refractivity contribution in [2.45, 2.75) is 25.4 Å². The first-order chi connectivity index (χ1) is 22.4. The van der Waals surface area contributed by atoms with E-state index in [4.69, 9.17) is 30.4 Å². The molecule has 0 bridgehead atoms. The van der Waals surface area contributed by atoms with E-state index in [0.29, 0.717) is 29.1 Å². The summed E-state index contributed by atoms with van der Waals surface area (Å²) >= 11 is 0. The third kappa shape index (κ3) is 11.3. The summed E-state index contributed by atoms with van der Waals surface area (Å²) in [5.74, 6) is -0.990. The van der Waals surface area contributed by atoms with Crippen LogP contribution >= 0.6 is 0 Å². The maximum atomic E-state index is 12.5. The van der Waals surface area contributed by atoms with Crippen LogP contribution in [0.4, 0.5) is 24.5 Å². The second kappa shape index (κ2) is 16.0. The van der Waals surface area contributed by atoms with Crippen molar-refractivity contribution >= 4 is 35.4 Å². The molecule has 0 atom stereocenters. The zero-order chi connectivity index (χ0) is 33.8. The molecule has 4 aromatic rings. The van der Waals surface area contributed by atoms with Crippen molar-refractivity contribution in [1.29, 1.82) is 0 Å². The smallest absolute Gasteiger partial charge is 0.389 e. The van der Waals surface area contributed by atoms with Crippen LogP contribution in [0.25, 0.3) is 6.08 Å². The number of rotatable bonds is 13. The predicted molar refractivity (Wildman–Crippen MR) is 169 cm³/mol. The summed E-state index contributed by atoms with van der Waals surface area (Å²) in [6, 6.07) is 23.3. The van der Waals surface area contributed by atoms with Crippen LogP contribution in [0.1, 0.15) is 44.7 Å².